The number of nitrogens with one attached hydrogen (secondary N) is 3. The van der Waals surface area contributed by atoms with E-state index in [1.165, 1.54) is 19.2 Å². The van der Waals surface area contributed by atoms with E-state index in [1.807, 2.05) is 37.3 Å². The maximum atomic E-state index is 14.2. The Morgan fingerprint density at radius 2 is 1.90 bits per heavy atom. The standard InChI is InChI=1S/C29H24FN7O2/c1-3-4-25(38)33-20-10-18(14-31-15-20)16-5-6-23-22(12-16)27(37-36-23)29-34-24-7-8-32-26(28(24)35-29)17-9-19(30)13-21(11-17)39-2/h5-15H,3-4H2,1-2H3,(H,33,38)(H,34,35)(H,36,37). The molecule has 9 nitrogen and oxygen atoms in total. The summed E-state index contributed by atoms with van der Waals surface area (Å²) in [5.41, 5.74) is 6.30. The van der Waals surface area contributed by atoms with Crippen LogP contribution in [0.4, 0.5) is 10.1 Å². The minimum absolute atomic E-state index is 0.0422. The number of ether oxygens (including phenoxy) is 1. The van der Waals surface area contributed by atoms with Crippen molar-refractivity contribution in [3.8, 4) is 39.7 Å². The van der Waals surface area contributed by atoms with Crippen molar-refractivity contribution in [1.82, 2.24) is 30.1 Å². The number of aromatic nitrogens is 6. The number of methoxy groups -OCH3 is 1. The molecule has 3 N–H and O–H groups in total. The lowest BCUT2D eigenvalue weighted by atomic mass is 10.0. The summed E-state index contributed by atoms with van der Waals surface area (Å²) in [5, 5.41) is 11.3. The van der Waals surface area contributed by atoms with E-state index in [0.29, 0.717) is 46.2 Å². The third-order valence-corrected chi connectivity index (χ3v) is 6.40. The van der Waals surface area contributed by atoms with Gasteiger partial charge in [-0.3, -0.25) is 19.9 Å². The van der Waals surface area contributed by atoms with Crippen LogP contribution in [0.3, 0.4) is 0 Å². The van der Waals surface area contributed by atoms with Gasteiger partial charge in [0, 0.05) is 41.4 Å². The SMILES string of the molecule is CCCC(=O)Nc1cncc(-c2ccc3[nH]nc(-c4nc5c(-c6cc(F)cc(OC)c6)nccc5[nH]4)c3c2)c1. The molecule has 0 atom stereocenters. The molecule has 0 aliphatic rings. The summed E-state index contributed by atoms with van der Waals surface area (Å²) in [6, 6.07) is 14.1. The van der Waals surface area contributed by atoms with Crippen molar-refractivity contribution in [3.63, 3.8) is 0 Å². The molecule has 6 rings (SSSR count). The molecular weight excluding hydrogens is 497 g/mol. The minimum atomic E-state index is -0.423. The fraction of sp³-hybridized carbons (Fsp3) is 0.138. The number of halogens is 1. The van der Waals surface area contributed by atoms with Gasteiger partial charge in [-0.15, -0.1) is 0 Å². The molecule has 0 saturated heterocycles. The normalized spacial score (nSPS) is 11.3. The fourth-order valence-corrected chi connectivity index (χ4v) is 4.57. The second-order valence-corrected chi connectivity index (χ2v) is 9.11. The van der Waals surface area contributed by atoms with Crippen LogP contribution < -0.4 is 10.1 Å². The predicted octanol–water partition coefficient (Wildman–Crippen LogP) is 6.12. The number of carbonyl (C=O) groups excluding carboxylic acids is 1. The highest BCUT2D eigenvalue weighted by Gasteiger charge is 2.17. The van der Waals surface area contributed by atoms with Crippen LogP contribution in [0.15, 0.2) is 67.1 Å². The van der Waals surface area contributed by atoms with Gasteiger partial charge >= 0.3 is 0 Å². The molecule has 194 valence electrons. The first kappa shape index (κ1) is 24.2. The van der Waals surface area contributed by atoms with Gasteiger partial charge in [-0.05, 0) is 48.4 Å². The molecule has 39 heavy (non-hydrogen) atoms. The molecule has 4 heterocycles. The zero-order valence-corrected chi connectivity index (χ0v) is 21.2. The number of anilines is 1. The van der Waals surface area contributed by atoms with Crippen LogP contribution in [0.2, 0.25) is 0 Å². The summed E-state index contributed by atoms with van der Waals surface area (Å²) in [4.78, 5) is 29.0. The van der Waals surface area contributed by atoms with Crippen molar-refractivity contribution in [2.24, 2.45) is 0 Å². The highest BCUT2D eigenvalue weighted by molar-refractivity contribution is 5.98. The maximum absolute atomic E-state index is 14.2. The lowest BCUT2D eigenvalue weighted by Crippen LogP contribution is -2.10. The summed E-state index contributed by atoms with van der Waals surface area (Å²) in [5.74, 6) is 0.478. The molecule has 4 aromatic heterocycles. The van der Waals surface area contributed by atoms with Crippen LogP contribution in [0.25, 0.3) is 55.8 Å². The Hall–Kier alpha value is -5.12. The Bertz CT molecular complexity index is 1840. The smallest absolute Gasteiger partial charge is 0.224 e. The van der Waals surface area contributed by atoms with Crippen molar-refractivity contribution in [2.75, 3.05) is 12.4 Å². The number of H-pyrrole nitrogens is 2. The van der Waals surface area contributed by atoms with Crippen molar-refractivity contribution in [2.45, 2.75) is 19.8 Å². The number of nitrogens with zero attached hydrogens (tertiary/aromatic N) is 4. The Balaban J connectivity index is 1.40. The lowest BCUT2D eigenvalue weighted by molar-refractivity contribution is -0.116. The number of benzene rings is 2. The maximum Gasteiger partial charge on any atom is 0.224 e. The molecule has 0 fully saturated rings. The van der Waals surface area contributed by atoms with Crippen molar-refractivity contribution >= 4 is 33.5 Å². The zero-order valence-electron chi connectivity index (χ0n) is 21.2. The third-order valence-electron chi connectivity index (χ3n) is 6.40. The molecule has 0 spiro atoms. The first-order valence-electron chi connectivity index (χ1n) is 12.5. The van der Waals surface area contributed by atoms with Crippen LogP contribution >= 0.6 is 0 Å². The topological polar surface area (TPSA) is 121 Å². The van der Waals surface area contributed by atoms with Gasteiger partial charge < -0.3 is 15.0 Å². The van der Waals surface area contributed by atoms with Crippen LogP contribution in [-0.4, -0.2) is 43.2 Å². The summed E-state index contributed by atoms with van der Waals surface area (Å²) in [6.07, 6.45) is 6.26. The van der Waals surface area contributed by atoms with Crippen molar-refractivity contribution in [1.29, 1.82) is 0 Å². The summed E-state index contributed by atoms with van der Waals surface area (Å²) < 4.78 is 19.5. The molecule has 0 unspecified atom stereocenters. The van der Waals surface area contributed by atoms with Gasteiger partial charge in [0.15, 0.2) is 5.82 Å². The highest BCUT2D eigenvalue weighted by Crippen LogP contribution is 2.33. The first-order valence-corrected chi connectivity index (χ1v) is 12.5. The van der Waals surface area contributed by atoms with E-state index < -0.39 is 5.82 Å². The van der Waals surface area contributed by atoms with Crippen LogP contribution in [0.1, 0.15) is 19.8 Å². The molecule has 2 aromatic carbocycles. The van der Waals surface area contributed by atoms with Gasteiger partial charge in [0.05, 0.1) is 35.7 Å². The van der Waals surface area contributed by atoms with Gasteiger partial charge in [0.2, 0.25) is 5.91 Å². The fourth-order valence-electron chi connectivity index (χ4n) is 4.57. The third kappa shape index (κ3) is 4.68. The Morgan fingerprint density at radius 1 is 1.00 bits per heavy atom. The van der Waals surface area contributed by atoms with E-state index in [2.05, 4.69) is 30.5 Å². The van der Waals surface area contributed by atoms with Gasteiger partial charge in [0.1, 0.15) is 22.8 Å². The first-order chi connectivity index (χ1) is 19.0. The quantitative estimate of drug-likeness (QED) is 0.233. The molecule has 0 aliphatic heterocycles. The van der Waals surface area contributed by atoms with E-state index in [9.17, 15) is 9.18 Å². The van der Waals surface area contributed by atoms with Crippen LogP contribution in [0, 0.1) is 5.82 Å². The van der Waals surface area contributed by atoms with E-state index in [-0.39, 0.29) is 5.91 Å². The average Bonchev–Trinajstić information content (AvgIpc) is 3.56. The number of hydrogen-bond donors (Lipinski definition) is 3. The van der Waals surface area contributed by atoms with Gasteiger partial charge in [-0.1, -0.05) is 13.0 Å². The van der Waals surface area contributed by atoms with Gasteiger partial charge in [-0.2, -0.15) is 5.10 Å². The minimum Gasteiger partial charge on any atom is -0.497 e. The lowest BCUT2D eigenvalue weighted by Gasteiger charge is -2.07. The molecule has 0 saturated carbocycles. The molecule has 10 heteroatoms. The van der Waals surface area contributed by atoms with E-state index in [0.717, 1.165) is 34.0 Å². The number of amides is 1. The van der Waals surface area contributed by atoms with Crippen molar-refractivity contribution in [3.05, 3.63) is 72.9 Å². The van der Waals surface area contributed by atoms with Gasteiger partial charge in [-0.25, -0.2) is 9.37 Å². The molecule has 0 radical (unpaired) electrons. The largest absolute Gasteiger partial charge is 0.497 e. The Kier molecular flexibility index (Phi) is 6.20. The molecule has 0 bridgehead atoms. The zero-order chi connectivity index (χ0) is 26.9. The molecule has 1 amide bonds. The summed E-state index contributed by atoms with van der Waals surface area (Å²) >= 11 is 0. The number of fused-ring (bicyclic) bond motifs is 2. The summed E-state index contributed by atoms with van der Waals surface area (Å²) in [6.45, 7) is 1.96. The van der Waals surface area contributed by atoms with Crippen LogP contribution in [-0.2, 0) is 4.79 Å². The number of aromatic amines is 2. The van der Waals surface area contributed by atoms with E-state index in [1.54, 1.807) is 24.7 Å². The monoisotopic (exact) mass is 521 g/mol. The second kappa shape index (κ2) is 9.97. The predicted molar refractivity (Wildman–Crippen MR) is 148 cm³/mol. The van der Waals surface area contributed by atoms with Crippen LogP contribution in [0.5, 0.6) is 5.75 Å². The van der Waals surface area contributed by atoms with Crippen molar-refractivity contribution < 1.29 is 13.9 Å². The number of hydrogen-bond acceptors (Lipinski definition) is 6. The highest BCUT2D eigenvalue weighted by atomic mass is 19.1. The summed E-state index contributed by atoms with van der Waals surface area (Å²) in [7, 11) is 1.49. The number of carbonyl (C=O) groups is 1. The second-order valence-electron chi connectivity index (χ2n) is 9.11. The molecular formula is C29H24FN7O2. The Labute approximate surface area is 222 Å². The number of pyridine rings is 2. The number of imidazole rings is 1. The Morgan fingerprint density at radius 3 is 2.74 bits per heavy atom. The van der Waals surface area contributed by atoms with Gasteiger partial charge in [0.25, 0.3) is 0 Å². The average molecular weight is 522 g/mol. The van der Waals surface area contributed by atoms with E-state index >= 15 is 0 Å². The number of rotatable bonds is 7. The molecule has 6 aromatic rings. The van der Waals surface area contributed by atoms with E-state index in [4.69, 9.17) is 9.72 Å². The molecule has 0 aliphatic carbocycles.